The van der Waals surface area contributed by atoms with Gasteiger partial charge in [0, 0.05) is 18.2 Å². The fraction of sp³-hybridized carbons (Fsp3) is 0.417. The van der Waals surface area contributed by atoms with E-state index in [1.807, 2.05) is 0 Å². The first-order chi connectivity index (χ1) is 8.43. The molecule has 1 rings (SSSR count). The van der Waals surface area contributed by atoms with Gasteiger partial charge in [-0.15, -0.1) is 0 Å². The Kier molecular flexibility index (Phi) is 4.79. The van der Waals surface area contributed by atoms with Crippen LogP contribution in [0.2, 0.25) is 0 Å². The number of hydrogen-bond acceptors (Lipinski definition) is 4. The molecule has 1 atom stereocenters. The van der Waals surface area contributed by atoms with Crippen LogP contribution in [-0.4, -0.2) is 22.0 Å². The Balaban J connectivity index is 2.79. The summed E-state index contributed by atoms with van der Waals surface area (Å²) >= 11 is 0. The molecule has 1 aromatic rings. The van der Waals surface area contributed by atoms with Crippen molar-refractivity contribution < 1.29 is 14.8 Å². The van der Waals surface area contributed by atoms with Crippen LogP contribution in [-0.2, 0) is 11.3 Å². The number of benzene rings is 1. The van der Waals surface area contributed by atoms with Crippen molar-refractivity contribution in [1.82, 2.24) is 5.32 Å². The maximum absolute atomic E-state index is 11.0. The SMILES string of the molecule is CC(C)C(NCc1ccccc1[N+](=O)[O-])C(=O)O. The minimum absolute atomic E-state index is 0.00195. The van der Waals surface area contributed by atoms with E-state index in [0.29, 0.717) is 5.56 Å². The minimum Gasteiger partial charge on any atom is -0.480 e. The van der Waals surface area contributed by atoms with Gasteiger partial charge in [-0.05, 0) is 5.92 Å². The number of carboxylic acid groups (broad SMARTS) is 1. The Bertz CT molecular complexity index is 445. The van der Waals surface area contributed by atoms with Gasteiger partial charge in [0.1, 0.15) is 6.04 Å². The van der Waals surface area contributed by atoms with E-state index in [2.05, 4.69) is 5.32 Å². The topological polar surface area (TPSA) is 92.5 Å². The molecule has 0 aromatic heterocycles. The van der Waals surface area contributed by atoms with Gasteiger partial charge in [-0.1, -0.05) is 32.0 Å². The first-order valence-corrected chi connectivity index (χ1v) is 5.62. The lowest BCUT2D eigenvalue weighted by Crippen LogP contribution is -2.40. The highest BCUT2D eigenvalue weighted by atomic mass is 16.6. The van der Waals surface area contributed by atoms with Gasteiger partial charge in [-0.3, -0.25) is 20.2 Å². The third-order valence-electron chi connectivity index (χ3n) is 2.63. The lowest BCUT2D eigenvalue weighted by atomic mass is 10.0. The Morgan fingerprint density at radius 1 is 1.44 bits per heavy atom. The quantitative estimate of drug-likeness (QED) is 0.594. The molecule has 0 aliphatic rings. The lowest BCUT2D eigenvalue weighted by molar-refractivity contribution is -0.385. The molecule has 0 aliphatic heterocycles. The average Bonchev–Trinajstić information content (AvgIpc) is 2.28. The molecule has 1 unspecified atom stereocenters. The standard InChI is InChI=1S/C12H16N2O4/c1-8(2)11(12(15)16)13-7-9-5-3-4-6-10(9)14(17)18/h3-6,8,11,13H,7H2,1-2H3,(H,15,16). The molecule has 0 fully saturated rings. The van der Waals surface area contributed by atoms with E-state index in [9.17, 15) is 14.9 Å². The van der Waals surface area contributed by atoms with Crippen LogP contribution in [0.1, 0.15) is 19.4 Å². The highest BCUT2D eigenvalue weighted by Gasteiger charge is 2.22. The molecule has 98 valence electrons. The highest BCUT2D eigenvalue weighted by molar-refractivity contribution is 5.73. The second-order valence-electron chi connectivity index (χ2n) is 4.33. The number of nitro groups is 1. The minimum atomic E-state index is -0.955. The predicted molar refractivity (Wildman–Crippen MR) is 66.2 cm³/mol. The van der Waals surface area contributed by atoms with E-state index in [-0.39, 0.29) is 18.2 Å². The van der Waals surface area contributed by atoms with Crippen LogP contribution in [0.15, 0.2) is 24.3 Å². The fourth-order valence-corrected chi connectivity index (χ4v) is 1.67. The van der Waals surface area contributed by atoms with Crippen molar-refractivity contribution in [3.63, 3.8) is 0 Å². The lowest BCUT2D eigenvalue weighted by Gasteiger charge is -2.17. The summed E-state index contributed by atoms with van der Waals surface area (Å²) < 4.78 is 0. The number of nitrogens with zero attached hydrogens (tertiary/aromatic N) is 1. The summed E-state index contributed by atoms with van der Waals surface area (Å²) in [5.41, 5.74) is 0.479. The van der Waals surface area contributed by atoms with Crippen molar-refractivity contribution in [3.05, 3.63) is 39.9 Å². The molecular weight excluding hydrogens is 236 g/mol. The van der Waals surface area contributed by atoms with Crippen LogP contribution in [0.4, 0.5) is 5.69 Å². The van der Waals surface area contributed by atoms with Gasteiger partial charge < -0.3 is 5.11 Å². The molecule has 0 bridgehead atoms. The molecule has 2 N–H and O–H groups in total. The normalized spacial score (nSPS) is 12.4. The first-order valence-electron chi connectivity index (χ1n) is 5.62. The molecule has 0 heterocycles. The molecule has 6 heteroatoms. The van der Waals surface area contributed by atoms with Crippen molar-refractivity contribution in [3.8, 4) is 0 Å². The number of para-hydroxylation sites is 1. The van der Waals surface area contributed by atoms with Crippen molar-refractivity contribution in [1.29, 1.82) is 0 Å². The molecule has 0 saturated heterocycles. The zero-order valence-electron chi connectivity index (χ0n) is 10.3. The van der Waals surface area contributed by atoms with Gasteiger partial charge in [0.25, 0.3) is 5.69 Å². The average molecular weight is 252 g/mol. The van der Waals surface area contributed by atoms with E-state index >= 15 is 0 Å². The van der Waals surface area contributed by atoms with E-state index in [1.54, 1.807) is 32.0 Å². The monoisotopic (exact) mass is 252 g/mol. The third kappa shape index (κ3) is 3.53. The van der Waals surface area contributed by atoms with Gasteiger partial charge in [0.2, 0.25) is 0 Å². The summed E-state index contributed by atoms with van der Waals surface area (Å²) in [6.45, 7) is 3.72. The zero-order valence-corrected chi connectivity index (χ0v) is 10.3. The maximum atomic E-state index is 11.0. The summed E-state index contributed by atoms with van der Waals surface area (Å²) in [6.07, 6.45) is 0. The molecule has 0 amide bonds. The molecule has 0 spiro atoms. The molecule has 0 radical (unpaired) electrons. The Morgan fingerprint density at radius 3 is 2.56 bits per heavy atom. The highest BCUT2D eigenvalue weighted by Crippen LogP contribution is 2.17. The van der Waals surface area contributed by atoms with Crippen LogP contribution < -0.4 is 5.32 Å². The molecule has 18 heavy (non-hydrogen) atoms. The second-order valence-corrected chi connectivity index (χ2v) is 4.33. The number of carbonyl (C=O) groups is 1. The van der Waals surface area contributed by atoms with Gasteiger partial charge >= 0.3 is 5.97 Å². The number of hydrogen-bond donors (Lipinski definition) is 2. The van der Waals surface area contributed by atoms with Crippen LogP contribution >= 0.6 is 0 Å². The predicted octanol–water partition coefficient (Wildman–Crippen LogP) is 1.79. The number of nitrogens with one attached hydrogen (secondary N) is 1. The Morgan fingerprint density at radius 2 is 2.06 bits per heavy atom. The summed E-state index contributed by atoms with van der Waals surface area (Å²) in [5, 5.41) is 22.6. The summed E-state index contributed by atoms with van der Waals surface area (Å²) in [4.78, 5) is 21.3. The zero-order chi connectivity index (χ0) is 13.7. The van der Waals surface area contributed by atoms with E-state index in [0.717, 1.165) is 0 Å². The maximum Gasteiger partial charge on any atom is 0.320 e. The van der Waals surface area contributed by atoms with Crippen molar-refractivity contribution >= 4 is 11.7 Å². The van der Waals surface area contributed by atoms with Crippen LogP contribution in [0, 0.1) is 16.0 Å². The van der Waals surface area contributed by atoms with Crippen LogP contribution in [0.5, 0.6) is 0 Å². The van der Waals surface area contributed by atoms with Crippen molar-refractivity contribution in [2.24, 2.45) is 5.92 Å². The van der Waals surface area contributed by atoms with Crippen molar-refractivity contribution in [2.45, 2.75) is 26.4 Å². The molecule has 6 nitrogen and oxygen atoms in total. The molecule has 0 saturated carbocycles. The Hall–Kier alpha value is -1.95. The number of nitro benzene ring substituents is 1. The van der Waals surface area contributed by atoms with E-state index < -0.39 is 16.9 Å². The smallest absolute Gasteiger partial charge is 0.320 e. The molecule has 1 aromatic carbocycles. The van der Waals surface area contributed by atoms with Crippen molar-refractivity contribution in [2.75, 3.05) is 0 Å². The number of rotatable bonds is 6. The first kappa shape index (κ1) is 14.1. The largest absolute Gasteiger partial charge is 0.480 e. The number of aliphatic carboxylic acids is 1. The summed E-state index contributed by atoms with van der Waals surface area (Å²) in [7, 11) is 0. The second kappa shape index (κ2) is 6.11. The van der Waals surface area contributed by atoms with E-state index in [4.69, 9.17) is 5.11 Å². The number of carboxylic acids is 1. The Labute approximate surface area is 105 Å². The van der Waals surface area contributed by atoms with Crippen LogP contribution in [0.25, 0.3) is 0 Å². The molecular formula is C12H16N2O4. The fourth-order valence-electron chi connectivity index (χ4n) is 1.67. The molecule has 0 aliphatic carbocycles. The third-order valence-corrected chi connectivity index (χ3v) is 2.63. The summed E-state index contributed by atoms with van der Waals surface area (Å²) in [6, 6.07) is 5.57. The van der Waals surface area contributed by atoms with Gasteiger partial charge in [-0.2, -0.15) is 0 Å². The summed E-state index contributed by atoms with van der Waals surface area (Å²) in [5.74, 6) is -1.05. The van der Waals surface area contributed by atoms with Crippen LogP contribution in [0.3, 0.4) is 0 Å². The van der Waals surface area contributed by atoms with Gasteiger partial charge in [0.15, 0.2) is 0 Å². The van der Waals surface area contributed by atoms with Gasteiger partial charge in [-0.25, -0.2) is 0 Å². The van der Waals surface area contributed by atoms with E-state index in [1.165, 1.54) is 6.07 Å². The van der Waals surface area contributed by atoms with Gasteiger partial charge in [0.05, 0.1) is 4.92 Å².